The molecule has 22 heavy (non-hydrogen) atoms. The van der Waals surface area contributed by atoms with E-state index in [9.17, 15) is 4.21 Å². The highest BCUT2D eigenvalue weighted by Gasteiger charge is 2.06. The van der Waals surface area contributed by atoms with Crippen LogP contribution >= 0.6 is 11.6 Å². The number of ether oxygens (including phenoxy) is 1. The molecular weight excluding hydrogens is 318 g/mol. The molecule has 3 nitrogen and oxygen atoms in total. The Morgan fingerprint density at radius 1 is 1.09 bits per heavy atom. The Balaban J connectivity index is 1.99. The Morgan fingerprint density at radius 3 is 2.23 bits per heavy atom. The molecule has 1 unspecified atom stereocenters. The normalized spacial score (nSPS) is 12.4. The summed E-state index contributed by atoms with van der Waals surface area (Å²) in [5, 5.41) is 0.628. The summed E-state index contributed by atoms with van der Waals surface area (Å²) < 4.78 is 16.5. The van der Waals surface area contributed by atoms with Crippen molar-refractivity contribution in [3.05, 3.63) is 58.6 Å². The van der Waals surface area contributed by atoms with Crippen LogP contribution in [0.3, 0.4) is 0 Å². The van der Waals surface area contributed by atoms with Gasteiger partial charge in [-0.05, 0) is 42.4 Å². The van der Waals surface area contributed by atoms with Crippen LogP contribution in [0.4, 0.5) is 0 Å². The molecule has 0 N–H and O–H groups in total. The first-order valence-corrected chi connectivity index (χ1v) is 8.86. The first kappa shape index (κ1) is 17.0. The Hall–Kier alpha value is -1.36. The summed E-state index contributed by atoms with van der Waals surface area (Å²) in [7, 11) is 2.74. The number of rotatable bonds is 6. The average molecular weight is 338 g/mol. The van der Waals surface area contributed by atoms with Gasteiger partial charge in [-0.2, -0.15) is 0 Å². The lowest BCUT2D eigenvalue weighted by molar-refractivity contribution is 0.319. The molecule has 0 saturated heterocycles. The zero-order valence-electron chi connectivity index (χ0n) is 13.0. The summed E-state index contributed by atoms with van der Waals surface area (Å²) in [5.41, 5.74) is 2.33. The van der Waals surface area contributed by atoms with Crippen molar-refractivity contribution < 1.29 is 8.95 Å². The van der Waals surface area contributed by atoms with Crippen molar-refractivity contribution in [1.82, 2.24) is 4.90 Å². The van der Waals surface area contributed by atoms with Gasteiger partial charge < -0.3 is 4.74 Å². The topological polar surface area (TPSA) is 29.5 Å². The Kier molecular flexibility index (Phi) is 6.00. The third kappa shape index (κ3) is 4.57. The number of hydrogen-bond acceptors (Lipinski definition) is 3. The molecule has 0 aliphatic carbocycles. The summed E-state index contributed by atoms with van der Waals surface area (Å²) in [5.74, 6) is 0.691. The molecular formula is C17H20ClNO2S. The smallest absolute Gasteiger partial charge is 0.137 e. The van der Waals surface area contributed by atoms with E-state index in [4.69, 9.17) is 16.3 Å². The van der Waals surface area contributed by atoms with Crippen molar-refractivity contribution >= 4 is 22.4 Å². The third-order valence-electron chi connectivity index (χ3n) is 3.38. The maximum atomic E-state index is 11.4. The minimum atomic E-state index is -0.927. The van der Waals surface area contributed by atoms with E-state index in [1.165, 1.54) is 5.56 Å². The highest BCUT2D eigenvalue weighted by Crippen LogP contribution is 2.25. The van der Waals surface area contributed by atoms with E-state index < -0.39 is 10.8 Å². The highest BCUT2D eigenvalue weighted by molar-refractivity contribution is 7.84. The third-order valence-corrected chi connectivity index (χ3v) is 4.61. The predicted molar refractivity (Wildman–Crippen MR) is 91.9 cm³/mol. The summed E-state index contributed by atoms with van der Waals surface area (Å²) in [6.45, 7) is 1.62. The average Bonchev–Trinajstić information content (AvgIpc) is 2.48. The maximum absolute atomic E-state index is 11.4. The van der Waals surface area contributed by atoms with Crippen LogP contribution in [0.25, 0.3) is 0 Å². The fourth-order valence-electron chi connectivity index (χ4n) is 2.27. The standard InChI is InChI=1S/C17H20ClNO2S/c1-19(11-13-4-7-15(8-5-13)22(3)20)12-14-6-9-17(21-2)16(18)10-14/h4-10H,11-12H2,1-3H3. The minimum absolute atomic E-state index is 0.628. The number of benzene rings is 2. The summed E-state index contributed by atoms with van der Waals surface area (Å²) >= 11 is 6.15. The van der Waals surface area contributed by atoms with E-state index in [1.807, 2.05) is 42.5 Å². The molecule has 5 heteroatoms. The van der Waals surface area contributed by atoms with Crippen LogP contribution in [0.1, 0.15) is 11.1 Å². The van der Waals surface area contributed by atoms with Gasteiger partial charge in [0.1, 0.15) is 5.75 Å². The van der Waals surface area contributed by atoms with Gasteiger partial charge in [0.15, 0.2) is 0 Å². The molecule has 0 aliphatic heterocycles. The van der Waals surface area contributed by atoms with Gasteiger partial charge >= 0.3 is 0 Å². The minimum Gasteiger partial charge on any atom is -0.495 e. The molecule has 0 fully saturated rings. The van der Waals surface area contributed by atoms with Crippen LogP contribution in [0.15, 0.2) is 47.4 Å². The zero-order valence-corrected chi connectivity index (χ0v) is 14.6. The number of hydrogen-bond donors (Lipinski definition) is 0. The van der Waals surface area contributed by atoms with Gasteiger partial charge in [-0.25, -0.2) is 0 Å². The van der Waals surface area contributed by atoms with E-state index >= 15 is 0 Å². The number of halogens is 1. The lowest BCUT2D eigenvalue weighted by atomic mass is 10.1. The van der Waals surface area contributed by atoms with Crippen molar-refractivity contribution in [3.63, 3.8) is 0 Å². The van der Waals surface area contributed by atoms with Gasteiger partial charge in [0.25, 0.3) is 0 Å². The van der Waals surface area contributed by atoms with Gasteiger partial charge in [0, 0.05) is 35.0 Å². The van der Waals surface area contributed by atoms with Crippen LogP contribution in [-0.2, 0) is 23.9 Å². The molecule has 0 radical (unpaired) electrons. The fraction of sp³-hybridized carbons (Fsp3) is 0.294. The molecule has 2 aromatic carbocycles. The van der Waals surface area contributed by atoms with E-state index in [2.05, 4.69) is 11.9 Å². The maximum Gasteiger partial charge on any atom is 0.137 e. The lowest BCUT2D eigenvalue weighted by Gasteiger charge is -2.17. The summed E-state index contributed by atoms with van der Waals surface area (Å²) in [6, 6.07) is 13.7. The SMILES string of the molecule is COc1ccc(CN(C)Cc2ccc(S(C)=O)cc2)cc1Cl. The van der Waals surface area contributed by atoms with Gasteiger partial charge in [-0.15, -0.1) is 0 Å². The number of methoxy groups -OCH3 is 1. The van der Waals surface area contributed by atoms with Crippen LogP contribution in [0.2, 0.25) is 5.02 Å². The molecule has 0 heterocycles. The van der Waals surface area contributed by atoms with Crippen molar-refractivity contribution in [1.29, 1.82) is 0 Å². The van der Waals surface area contributed by atoms with E-state index in [0.717, 1.165) is 23.5 Å². The molecule has 2 aromatic rings. The van der Waals surface area contributed by atoms with Crippen LogP contribution < -0.4 is 4.74 Å². The first-order valence-electron chi connectivity index (χ1n) is 6.93. The molecule has 0 spiro atoms. The van der Waals surface area contributed by atoms with Crippen LogP contribution in [0, 0.1) is 0 Å². The fourth-order valence-corrected chi connectivity index (χ4v) is 3.07. The second-order valence-corrected chi connectivity index (χ2v) is 7.03. The van der Waals surface area contributed by atoms with Crippen molar-refractivity contribution in [2.45, 2.75) is 18.0 Å². The molecule has 0 aliphatic rings. The first-order chi connectivity index (χ1) is 10.5. The molecule has 0 aromatic heterocycles. The molecule has 0 bridgehead atoms. The largest absolute Gasteiger partial charge is 0.495 e. The lowest BCUT2D eigenvalue weighted by Crippen LogP contribution is -2.17. The van der Waals surface area contributed by atoms with E-state index in [0.29, 0.717) is 10.8 Å². The van der Waals surface area contributed by atoms with Crippen molar-refractivity contribution in [2.75, 3.05) is 20.4 Å². The predicted octanol–water partition coefficient (Wildman–Crippen LogP) is 3.72. The quantitative estimate of drug-likeness (QED) is 0.804. The van der Waals surface area contributed by atoms with E-state index in [-0.39, 0.29) is 0 Å². The second kappa shape index (κ2) is 7.77. The number of nitrogens with zero attached hydrogens (tertiary/aromatic N) is 1. The van der Waals surface area contributed by atoms with Crippen molar-refractivity contribution in [2.24, 2.45) is 0 Å². The molecule has 1 atom stereocenters. The van der Waals surface area contributed by atoms with Gasteiger partial charge in [0.05, 0.1) is 12.1 Å². The second-order valence-electron chi connectivity index (χ2n) is 5.24. The molecule has 0 amide bonds. The Labute approximate surface area is 139 Å². The van der Waals surface area contributed by atoms with Gasteiger partial charge in [-0.1, -0.05) is 29.8 Å². The molecule has 2 rings (SSSR count). The highest BCUT2D eigenvalue weighted by atomic mass is 35.5. The molecule has 0 saturated carbocycles. The monoisotopic (exact) mass is 337 g/mol. The van der Waals surface area contributed by atoms with E-state index in [1.54, 1.807) is 13.4 Å². The Bertz CT molecular complexity index is 658. The van der Waals surface area contributed by atoms with Gasteiger partial charge in [0.2, 0.25) is 0 Å². The molecule has 118 valence electrons. The van der Waals surface area contributed by atoms with Crippen molar-refractivity contribution in [3.8, 4) is 5.75 Å². The Morgan fingerprint density at radius 2 is 1.68 bits per heavy atom. The van der Waals surface area contributed by atoms with Gasteiger partial charge in [-0.3, -0.25) is 9.11 Å². The zero-order chi connectivity index (χ0) is 16.1. The van der Waals surface area contributed by atoms with Crippen LogP contribution in [-0.4, -0.2) is 29.5 Å². The summed E-state index contributed by atoms with van der Waals surface area (Å²) in [4.78, 5) is 3.06. The summed E-state index contributed by atoms with van der Waals surface area (Å²) in [6.07, 6.45) is 1.69. The van der Waals surface area contributed by atoms with Crippen LogP contribution in [0.5, 0.6) is 5.75 Å².